The number of anilines is 1. The molecule has 3 rings (SSSR count). The minimum Gasteiger partial charge on any atom is -0.493 e. The summed E-state index contributed by atoms with van der Waals surface area (Å²) in [6.07, 6.45) is 3.22. The Morgan fingerprint density at radius 2 is 1.93 bits per heavy atom. The van der Waals surface area contributed by atoms with Gasteiger partial charge in [-0.2, -0.15) is 0 Å². The molecule has 0 saturated heterocycles. The summed E-state index contributed by atoms with van der Waals surface area (Å²) < 4.78 is 11.1. The molecule has 0 unspecified atom stereocenters. The molecule has 2 aromatic carbocycles. The van der Waals surface area contributed by atoms with Crippen molar-refractivity contribution in [3.05, 3.63) is 64.5 Å². The average molecular weight is 429 g/mol. The summed E-state index contributed by atoms with van der Waals surface area (Å²) >= 11 is 7.28. The zero-order valence-electron chi connectivity index (χ0n) is 16.3. The molecule has 0 aliphatic carbocycles. The topological polar surface area (TPSA) is 60.5 Å². The molecule has 5 nitrogen and oxygen atoms in total. The monoisotopic (exact) mass is 428 g/mol. The zero-order valence-corrected chi connectivity index (χ0v) is 17.9. The second-order valence-electron chi connectivity index (χ2n) is 6.44. The van der Waals surface area contributed by atoms with Gasteiger partial charge in [-0.1, -0.05) is 29.8 Å². The van der Waals surface area contributed by atoms with Crippen molar-refractivity contribution in [2.24, 2.45) is 0 Å². The van der Waals surface area contributed by atoms with E-state index in [0.29, 0.717) is 21.7 Å². The minimum atomic E-state index is -0.261. The highest BCUT2D eigenvalue weighted by atomic mass is 35.5. The number of hydrogen-bond acceptors (Lipinski definition) is 5. The molecule has 1 amide bonds. The number of methoxy groups -OCH3 is 1. The fourth-order valence-corrected chi connectivity index (χ4v) is 3.39. The van der Waals surface area contributed by atoms with E-state index >= 15 is 0 Å². The third-order valence-corrected chi connectivity index (χ3v) is 4.86. The van der Waals surface area contributed by atoms with Gasteiger partial charge in [-0.25, -0.2) is 4.98 Å². The van der Waals surface area contributed by atoms with Crippen molar-refractivity contribution in [3.8, 4) is 22.8 Å². The van der Waals surface area contributed by atoms with Crippen LogP contribution in [0, 0.1) is 0 Å². The Morgan fingerprint density at radius 1 is 1.17 bits per heavy atom. The highest BCUT2D eigenvalue weighted by Crippen LogP contribution is 2.29. The van der Waals surface area contributed by atoms with Crippen LogP contribution in [0.3, 0.4) is 0 Å². The predicted molar refractivity (Wildman–Crippen MR) is 119 cm³/mol. The summed E-state index contributed by atoms with van der Waals surface area (Å²) in [5.41, 5.74) is 2.56. The van der Waals surface area contributed by atoms with Crippen LogP contribution in [0.1, 0.15) is 19.4 Å². The number of rotatable bonds is 7. The van der Waals surface area contributed by atoms with Crippen LogP contribution >= 0.6 is 22.9 Å². The molecular weight excluding hydrogens is 408 g/mol. The molecular formula is C22H21ClN2O3S. The molecule has 0 fully saturated rings. The average Bonchev–Trinajstić information content (AvgIpc) is 3.15. The molecule has 0 aliphatic heterocycles. The van der Waals surface area contributed by atoms with Gasteiger partial charge in [0.05, 0.1) is 18.9 Å². The Morgan fingerprint density at radius 3 is 2.62 bits per heavy atom. The first-order valence-electron chi connectivity index (χ1n) is 9.00. The zero-order chi connectivity index (χ0) is 20.8. The Hall–Kier alpha value is -2.83. The fraction of sp³-hybridized carbons (Fsp3) is 0.182. The van der Waals surface area contributed by atoms with Crippen LogP contribution in [0.5, 0.6) is 11.5 Å². The maximum Gasteiger partial charge on any atom is 0.250 e. The van der Waals surface area contributed by atoms with Gasteiger partial charge in [-0.15, -0.1) is 11.3 Å². The van der Waals surface area contributed by atoms with Gasteiger partial charge in [-0.05, 0) is 49.8 Å². The van der Waals surface area contributed by atoms with Crippen molar-refractivity contribution in [2.75, 3.05) is 12.4 Å². The highest BCUT2D eigenvalue weighted by Gasteiger charge is 2.08. The lowest BCUT2D eigenvalue weighted by Crippen LogP contribution is -2.07. The number of benzene rings is 2. The van der Waals surface area contributed by atoms with Crippen LogP contribution in [0.15, 0.2) is 53.9 Å². The van der Waals surface area contributed by atoms with Gasteiger partial charge in [-0.3, -0.25) is 10.1 Å². The van der Waals surface area contributed by atoms with Crippen LogP contribution in [0.4, 0.5) is 5.13 Å². The Kier molecular flexibility index (Phi) is 6.90. The van der Waals surface area contributed by atoms with Crippen molar-refractivity contribution >= 4 is 40.1 Å². The summed E-state index contributed by atoms with van der Waals surface area (Å²) in [4.78, 5) is 16.7. The van der Waals surface area contributed by atoms with E-state index in [1.807, 2.05) is 61.7 Å². The van der Waals surface area contributed by atoms with Gasteiger partial charge in [0.1, 0.15) is 0 Å². The lowest BCUT2D eigenvalue weighted by molar-refractivity contribution is -0.111. The SMILES string of the molecule is COc1cc(C=CC(=O)Nc2nc(-c3ccc(Cl)cc3)cs2)ccc1OC(C)C. The molecule has 1 N–H and O–H groups in total. The molecule has 7 heteroatoms. The van der Waals surface area contributed by atoms with E-state index in [9.17, 15) is 4.79 Å². The molecule has 1 aromatic heterocycles. The third-order valence-electron chi connectivity index (χ3n) is 3.85. The van der Waals surface area contributed by atoms with Gasteiger partial charge >= 0.3 is 0 Å². The van der Waals surface area contributed by atoms with E-state index in [0.717, 1.165) is 16.8 Å². The number of thiazole rings is 1. The van der Waals surface area contributed by atoms with E-state index in [4.69, 9.17) is 21.1 Å². The van der Waals surface area contributed by atoms with Gasteiger partial charge < -0.3 is 9.47 Å². The van der Waals surface area contributed by atoms with Crippen LogP contribution in [-0.2, 0) is 4.79 Å². The number of nitrogens with zero attached hydrogens (tertiary/aromatic N) is 1. The number of amides is 1. The van der Waals surface area contributed by atoms with E-state index in [2.05, 4.69) is 10.3 Å². The number of aromatic nitrogens is 1. The van der Waals surface area contributed by atoms with Crippen LogP contribution in [0.2, 0.25) is 5.02 Å². The molecule has 29 heavy (non-hydrogen) atoms. The van der Waals surface area contributed by atoms with Crippen molar-refractivity contribution in [2.45, 2.75) is 20.0 Å². The van der Waals surface area contributed by atoms with Gasteiger partial charge in [0, 0.05) is 22.0 Å². The fourth-order valence-electron chi connectivity index (χ4n) is 2.54. The summed E-state index contributed by atoms with van der Waals surface area (Å²) in [6.45, 7) is 3.91. The number of ether oxygens (including phenoxy) is 2. The Bertz CT molecular complexity index is 1010. The largest absolute Gasteiger partial charge is 0.493 e. The summed E-state index contributed by atoms with van der Waals surface area (Å²) in [6, 6.07) is 12.9. The van der Waals surface area contributed by atoms with E-state index in [1.54, 1.807) is 13.2 Å². The lowest BCUT2D eigenvalue weighted by Gasteiger charge is -2.13. The molecule has 0 spiro atoms. The minimum absolute atomic E-state index is 0.0483. The molecule has 0 bridgehead atoms. The second-order valence-corrected chi connectivity index (χ2v) is 7.74. The molecule has 1 heterocycles. The summed E-state index contributed by atoms with van der Waals surface area (Å²) in [7, 11) is 1.59. The molecule has 0 aliphatic rings. The number of nitrogens with one attached hydrogen (secondary N) is 1. The Labute approximate surface area is 179 Å². The Balaban J connectivity index is 1.65. The van der Waals surface area contributed by atoms with Crippen molar-refractivity contribution in [3.63, 3.8) is 0 Å². The second kappa shape index (κ2) is 9.58. The van der Waals surface area contributed by atoms with Crippen LogP contribution < -0.4 is 14.8 Å². The summed E-state index contributed by atoms with van der Waals surface area (Å²) in [5, 5.41) is 5.87. The first kappa shape index (κ1) is 20.9. The maximum atomic E-state index is 12.2. The van der Waals surface area contributed by atoms with E-state index in [1.165, 1.54) is 17.4 Å². The normalized spacial score (nSPS) is 11.1. The van der Waals surface area contributed by atoms with Crippen molar-refractivity contribution in [1.29, 1.82) is 0 Å². The maximum absolute atomic E-state index is 12.2. The quantitative estimate of drug-likeness (QED) is 0.475. The number of carbonyl (C=O) groups excluding carboxylic acids is 1. The smallest absolute Gasteiger partial charge is 0.250 e. The molecule has 0 saturated carbocycles. The molecule has 150 valence electrons. The first-order chi connectivity index (χ1) is 13.9. The van der Waals surface area contributed by atoms with E-state index in [-0.39, 0.29) is 12.0 Å². The molecule has 3 aromatic rings. The van der Waals surface area contributed by atoms with Crippen LogP contribution in [0.25, 0.3) is 17.3 Å². The number of carbonyl (C=O) groups is 1. The lowest BCUT2D eigenvalue weighted by atomic mass is 10.2. The van der Waals surface area contributed by atoms with Gasteiger partial charge in [0.15, 0.2) is 16.6 Å². The third kappa shape index (κ3) is 5.82. The first-order valence-corrected chi connectivity index (χ1v) is 10.3. The van der Waals surface area contributed by atoms with Gasteiger partial charge in [0.2, 0.25) is 5.91 Å². The molecule has 0 radical (unpaired) electrons. The molecule has 0 atom stereocenters. The highest BCUT2D eigenvalue weighted by molar-refractivity contribution is 7.14. The summed E-state index contributed by atoms with van der Waals surface area (Å²) in [5.74, 6) is 1.03. The number of halogens is 1. The van der Waals surface area contributed by atoms with Crippen molar-refractivity contribution in [1.82, 2.24) is 4.98 Å². The van der Waals surface area contributed by atoms with E-state index < -0.39 is 0 Å². The van der Waals surface area contributed by atoms with Crippen LogP contribution in [-0.4, -0.2) is 24.1 Å². The van der Waals surface area contributed by atoms with Gasteiger partial charge in [0.25, 0.3) is 0 Å². The number of hydrogen-bond donors (Lipinski definition) is 1. The predicted octanol–water partition coefficient (Wildman–Crippen LogP) is 5.91. The van der Waals surface area contributed by atoms with Crippen molar-refractivity contribution < 1.29 is 14.3 Å². The standard InChI is InChI=1S/C22H21ClN2O3S/c1-14(2)28-19-10-4-15(12-20(19)27-3)5-11-21(26)25-22-24-18(13-29-22)16-6-8-17(23)9-7-16/h4-14H,1-3H3,(H,24,25,26).